The summed E-state index contributed by atoms with van der Waals surface area (Å²) in [6.07, 6.45) is 1.95. The summed E-state index contributed by atoms with van der Waals surface area (Å²) < 4.78 is 21.7. The number of ether oxygens (including phenoxy) is 4. The number of epoxide rings is 4. The minimum absolute atomic E-state index is 0.317. The van der Waals surface area contributed by atoms with Crippen LogP contribution in [0.3, 0.4) is 0 Å². The number of anilines is 2. The molecule has 0 saturated carbocycles. The summed E-state index contributed by atoms with van der Waals surface area (Å²) in [5.74, 6) is 0. The van der Waals surface area contributed by atoms with Gasteiger partial charge in [0.2, 0.25) is 0 Å². The number of rotatable bonds is 12. The zero-order valence-electron chi connectivity index (χ0n) is 18.4. The van der Waals surface area contributed by atoms with Gasteiger partial charge >= 0.3 is 0 Å². The van der Waals surface area contributed by atoms with Gasteiger partial charge in [-0.2, -0.15) is 0 Å². The molecule has 176 valence electrons. The molecule has 4 saturated heterocycles. The van der Waals surface area contributed by atoms with Crippen molar-refractivity contribution in [2.24, 2.45) is 0 Å². The van der Waals surface area contributed by atoms with Gasteiger partial charge in [0.1, 0.15) is 0 Å². The molecule has 4 heterocycles. The first-order valence-corrected chi connectivity index (χ1v) is 12.4. The molecule has 4 atom stereocenters. The van der Waals surface area contributed by atoms with E-state index >= 15 is 0 Å². The van der Waals surface area contributed by atoms with Gasteiger partial charge in [0.15, 0.2) is 0 Å². The lowest BCUT2D eigenvalue weighted by Crippen LogP contribution is -2.31. The van der Waals surface area contributed by atoms with Crippen LogP contribution in [0.15, 0.2) is 36.4 Å². The van der Waals surface area contributed by atoms with Crippen LogP contribution in [-0.2, 0) is 25.4 Å². The molecule has 4 aliphatic rings. The molecule has 0 N–H and O–H groups in total. The number of nitrogens with zero attached hydrogens (tertiary/aromatic N) is 2. The standard InChI is InChI=1S/C25H28Cl2N2O4/c26-24-6-18(28(8-20-12-30-20)9-21-13-31-21)3-1-16(24)5-17-2-4-19(7-25(17)27)29(10-22-14-32-22)11-23-15-33-23/h1-4,6-7,20-23H,5,8-15H2. The molecule has 2 aromatic carbocycles. The second-order valence-corrected chi connectivity index (χ2v) is 10.2. The van der Waals surface area contributed by atoms with Gasteiger partial charge in [-0.15, -0.1) is 0 Å². The van der Waals surface area contributed by atoms with E-state index in [1.165, 1.54) is 0 Å². The van der Waals surface area contributed by atoms with Gasteiger partial charge in [-0.05, 0) is 35.4 Å². The molecule has 6 rings (SSSR count). The van der Waals surface area contributed by atoms with Gasteiger partial charge in [-0.3, -0.25) is 0 Å². The normalized spacial score (nSPS) is 26.7. The summed E-state index contributed by atoms with van der Waals surface area (Å²) in [4.78, 5) is 4.63. The highest BCUT2D eigenvalue weighted by Gasteiger charge is 2.32. The Balaban J connectivity index is 1.15. The average molecular weight is 491 g/mol. The fraction of sp³-hybridized carbons (Fsp3) is 0.520. The largest absolute Gasteiger partial charge is 0.371 e. The topological polar surface area (TPSA) is 56.6 Å². The van der Waals surface area contributed by atoms with E-state index in [2.05, 4.69) is 46.2 Å². The van der Waals surface area contributed by atoms with Crippen molar-refractivity contribution in [3.63, 3.8) is 0 Å². The fourth-order valence-corrected chi connectivity index (χ4v) is 4.69. The molecule has 4 aliphatic heterocycles. The molecule has 0 aliphatic carbocycles. The van der Waals surface area contributed by atoms with Crippen molar-refractivity contribution >= 4 is 34.6 Å². The minimum atomic E-state index is 0.317. The van der Waals surface area contributed by atoms with E-state index in [9.17, 15) is 0 Å². The maximum atomic E-state index is 6.72. The quantitative estimate of drug-likeness (QED) is 0.422. The van der Waals surface area contributed by atoms with Gasteiger partial charge in [-0.1, -0.05) is 35.3 Å². The molecule has 0 spiro atoms. The van der Waals surface area contributed by atoms with E-state index < -0.39 is 0 Å². The molecule has 0 aromatic heterocycles. The van der Waals surface area contributed by atoms with E-state index in [0.29, 0.717) is 30.8 Å². The van der Waals surface area contributed by atoms with Crippen LogP contribution in [0, 0.1) is 0 Å². The molecule has 0 radical (unpaired) electrons. The summed E-state index contributed by atoms with van der Waals surface area (Å²) in [5, 5.41) is 1.51. The van der Waals surface area contributed by atoms with Crippen LogP contribution in [0.4, 0.5) is 11.4 Å². The molecule has 8 heteroatoms. The first-order valence-electron chi connectivity index (χ1n) is 11.6. The van der Waals surface area contributed by atoms with Crippen LogP contribution >= 0.6 is 23.2 Å². The second-order valence-electron chi connectivity index (χ2n) is 9.36. The molecule has 4 unspecified atom stereocenters. The third-order valence-electron chi connectivity index (χ3n) is 6.49. The van der Waals surface area contributed by atoms with Gasteiger partial charge in [0.25, 0.3) is 0 Å². The Morgan fingerprint density at radius 3 is 1.21 bits per heavy atom. The predicted molar refractivity (Wildman–Crippen MR) is 129 cm³/mol. The third kappa shape index (κ3) is 5.94. The number of halogens is 2. The SMILES string of the molecule is Clc1cc(N(CC2CO2)CC2CO2)ccc1Cc1ccc(N(CC2CO2)CC2CO2)cc1Cl. The van der Waals surface area contributed by atoms with Crippen molar-refractivity contribution in [1.82, 2.24) is 0 Å². The highest BCUT2D eigenvalue weighted by molar-refractivity contribution is 6.32. The maximum Gasteiger partial charge on any atom is 0.0984 e. The van der Waals surface area contributed by atoms with E-state index in [4.69, 9.17) is 42.1 Å². The smallest absolute Gasteiger partial charge is 0.0984 e. The highest BCUT2D eigenvalue weighted by atomic mass is 35.5. The zero-order chi connectivity index (χ0) is 22.4. The first kappa shape index (κ1) is 22.0. The van der Waals surface area contributed by atoms with E-state index in [-0.39, 0.29) is 0 Å². The lowest BCUT2D eigenvalue weighted by molar-refractivity contribution is 0.388. The maximum absolute atomic E-state index is 6.72. The molecule has 4 fully saturated rings. The zero-order valence-corrected chi connectivity index (χ0v) is 19.9. The Morgan fingerprint density at radius 2 is 0.939 bits per heavy atom. The lowest BCUT2D eigenvalue weighted by Gasteiger charge is -2.24. The first-order chi connectivity index (χ1) is 16.1. The Kier molecular flexibility index (Phi) is 6.15. The van der Waals surface area contributed by atoms with Crippen LogP contribution < -0.4 is 9.80 Å². The molecule has 0 bridgehead atoms. The summed E-state index contributed by atoms with van der Waals surface area (Å²) >= 11 is 13.4. The van der Waals surface area contributed by atoms with Crippen molar-refractivity contribution in [2.75, 3.05) is 62.4 Å². The summed E-state index contributed by atoms with van der Waals surface area (Å²) in [6.45, 7) is 6.83. The summed E-state index contributed by atoms with van der Waals surface area (Å²) in [7, 11) is 0. The van der Waals surface area contributed by atoms with E-state index in [1.54, 1.807) is 0 Å². The second kappa shape index (κ2) is 9.25. The molecule has 33 heavy (non-hydrogen) atoms. The van der Waals surface area contributed by atoms with Crippen molar-refractivity contribution in [3.05, 3.63) is 57.6 Å². The molecular weight excluding hydrogens is 463 g/mol. The lowest BCUT2D eigenvalue weighted by atomic mass is 10.0. The van der Waals surface area contributed by atoms with Crippen molar-refractivity contribution < 1.29 is 18.9 Å². The predicted octanol–water partition coefficient (Wildman–Crippen LogP) is 3.79. The fourth-order valence-electron chi connectivity index (χ4n) is 4.21. The van der Waals surface area contributed by atoms with Crippen LogP contribution in [-0.4, -0.2) is 77.0 Å². The van der Waals surface area contributed by atoms with Gasteiger partial charge in [-0.25, -0.2) is 0 Å². The van der Waals surface area contributed by atoms with Crippen LogP contribution in [0.2, 0.25) is 10.0 Å². The molecule has 6 nitrogen and oxygen atoms in total. The van der Waals surface area contributed by atoms with Gasteiger partial charge in [0, 0.05) is 54.0 Å². The third-order valence-corrected chi connectivity index (χ3v) is 7.19. The Morgan fingerprint density at radius 1 is 0.606 bits per heavy atom. The molecular formula is C25H28Cl2N2O4. The van der Waals surface area contributed by atoms with Crippen molar-refractivity contribution in [2.45, 2.75) is 30.8 Å². The van der Waals surface area contributed by atoms with Crippen LogP contribution in [0.25, 0.3) is 0 Å². The number of benzene rings is 2. The Bertz CT molecular complexity index is 898. The molecule has 2 aromatic rings. The van der Waals surface area contributed by atoms with E-state index in [0.717, 1.165) is 85.2 Å². The van der Waals surface area contributed by atoms with E-state index in [1.807, 2.05) is 0 Å². The highest BCUT2D eigenvalue weighted by Crippen LogP contribution is 2.32. The monoisotopic (exact) mass is 490 g/mol. The van der Waals surface area contributed by atoms with Crippen LogP contribution in [0.1, 0.15) is 11.1 Å². The Labute approximate surface area is 204 Å². The summed E-state index contributed by atoms with van der Waals surface area (Å²) in [6, 6.07) is 12.6. The Hall–Kier alpha value is -1.54. The van der Waals surface area contributed by atoms with Crippen molar-refractivity contribution in [1.29, 1.82) is 0 Å². The van der Waals surface area contributed by atoms with Gasteiger partial charge in [0.05, 0.1) is 50.8 Å². The van der Waals surface area contributed by atoms with Gasteiger partial charge < -0.3 is 28.7 Å². The molecule has 0 amide bonds. The summed E-state index contributed by atoms with van der Waals surface area (Å²) in [5.41, 5.74) is 4.35. The number of hydrogen-bond acceptors (Lipinski definition) is 6. The average Bonchev–Trinajstić information content (AvgIpc) is 3.59. The minimum Gasteiger partial charge on any atom is -0.371 e. The number of hydrogen-bond donors (Lipinski definition) is 0. The van der Waals surface area contributed by atoms with Crippen molar-refractivity contribution in [3.8, 4) is 0 Å². The van der Waals surface area contributed by atoms with Crippen LogP contribution in [0.5, 0.6) is 0 Å².